The molecule has 2 aliphatic heterocycles. The molecule has 0 spiro atoms. The van der Waals surface area contributed by atoms with E-state index >= 15 is 0 Å². The molecule has 0 aliphatic carbocycles. The van der Waals surface area contributed by atoms with Crippen LogP contribution in [-0.4, -0.2) is 46.7 Å². The number of rotatable bonds is 1. The largest absolute Gasteiger partial charge is 0.462 e. The summed E-state index contributed by atoms with van der Waals surface area (Å²) < 4.78 is 17.7. The first-order chi connectivity index (χ1) is 8.20. The van der Waals surface area contributed by atoms with Crippen LogP contribution < -0.4 is 10.3 Å². The molecule has 7 nitrogen and oxygen atoms in total. The first-order valence-electron chi connectivity index (χ1n) is 5.29. The van der Waals surface area contributed by atoms with Gasteiger partial charge in [0.15, 0.2) is 6.23 Å². The molecule has 0 amide bonds. The van der Waals surface area contributed by atoms with Crippen molar-refractivity contribution in [3.63, 3.8) is 0 Å². The van der Waals surface area contributed by atoms with Gasteiger partial charge in [0.05, 0.1) is 0 Å². The van der Waals surface area contributed by atoms with Gasteiger partial charge in [-0.1, -0.05) is 0 Å². The van der Waals surface area contributed by atoms with Gasteiger partial charge in [0, 0.05) is 19.4 Å². The number of hydrogen-bond donors (Lipinski definition) is 1. The second-order valence-electron chi connectivity index (χ2n) is 4.02. The summed E-state index contributed by atoms with van der Waals surface area (Å²) in [6.07, 6.45) is -0.709. The van der Waals surface area contributed by atoms with Gasteiger partial charge in [-0.05, 0) is 0 Å². The number of fused-ring (bicyclic) bond motifs is 4. The van der Waals surface area contributed by atoms with E-state index in [1.807, 2.05) is 0 Å². The van der Waals surface area contributed by atoms with Crippen LogP contribution in [0.25, 0.3) is 0 Å². The van der Waals surface area contributed by atoms with Crippen molar-refractivity contribution in [1.29, 1.82) is 0 Å². The fraction of sp³-hybridized carbons (Fsp3) is 0.600. The molecule has 1 saturated heterocycles. The van der Waals surface area contributed by atoms with E-state index < -0.39 is 24.5 Å². The number of aromatic nitrogens is 2. The van der Waals surface area contributed by atoms with Gasteiger partial charge in [-0.2, -0.15) is 4.98 Å². The van der Waals surface area contributed by atoms with E-state index in [1.54, 1.807) is 4.57 Å². The van der Waals surface area contributed by atoms with Gasteiger partial charge >= 0.3 is 6.01 Å². The van der Waals surface area contributed by atoms with E-state index in [4.69, 9.17) is 14.2 Å². The SMILES string of the molecule is COC1C(O)C2COc3nc(=O)ccn3C1O2. The maximum atomic E-state index is 11.1. The van der Waals surface area contributed by atoms with E-state index in [2.05, 4.69) is 4.98 Å². The maximum Gasteiger partial charge on any atom is 0.302 e. The molecule has 4 atom stereocenters. The van der Waals surface area contributed by atoms with E-state index in [9.17, 15) is 9.90 Å². The van der Waals surface area contributed by atoms with E-state index in [0.29, 0.717) is 0 Å². The first-order valence-corrected chi connectivity index (χ1v) is 5.29. The molecule has 1 aromatic rings. The first kappa shape index (κ1) is 10.7. The predicted octanol–water partition coefficient (Wildman–Crippen LogP) is -1.09. The third-order valence-electron chi connectivity index (χ3n) is 3.04. The minimum absolute atomic E-state index is 0.147. The number of ether oxygens (including phenoxy) is 3. The zero-order chi connectivity index (χ0) is 12.0. The summed E-state index contributed by atoms with van der Waals surface area (Å²) in [7, 11) is 1.50. The Hall–Kier alpha value is -1.44. The van der Waals surface area contributed by atoms with Crippen LogP contribution in [0.15, 0.2) is 17.1 Å². The highest BCUT2D eigenvalue weighted by Crippen LogP contribution is 2.35. The minimum Gasteiger partial charge on any atom is -0.462 e. The van der Waals surface area contributed by atoms with Crippen molar-refractivity contribution in [3.05, 3.63) is 22.6 Å². The van der Waals surface area contributed by atoms with Crippen LogP contribution in [0.1, 0.15) is 6.23 Å². The summed E-state index contributed by atoms with van der Waals surface area (Å²) in [5, 5.41) is 9.94. The Morgan fingerprint density at radius 1 is 1.65 bits per heavy atom. The molecule has 0 saturated carbocycles. The molecule has 1 aromatic heterocycles. The average molecular weight is 240 g/mol. The average Bonchev–Trinajstić information content (AvgIpc) is 2.51. The van der Waals surface area contributed by atoms with Crippen molar-refractivity contribution in [3.8, 4) is 6.01 Å². The van der Waals surface area contributed by atoms with E-state index in [0.717, 1.165) is 0 Å². The summed E-state index contributed by atoms with van der Waals surface area (Å²) in [6, 6.07) is 1.51. The lowest BCUT2D eigenvalue weighted by Crippen LogP contribution is -2.38. The fourth-order valence-electron chi connectivity index (χ4n) is 2.19. The third-order valence-corrected chi connectivity index (χ3v) is 3.04. The molecule has 3 heterocycles. The Bertz CT molecular complexity index is 488. The quantitative estimate of drug-likeness (QED) is 0.671. The molecule has 0 aromatic carbocycles. The molecule has 0 radical (unpaired) electrons. The van der Waals surface area contributed by atoms with Crippen molar-refractivity contribution in [1.82, 2.24) is 9.55 Å². The molecule has 92 valence electrons. The van der Waals surface area contributed by atoms with Crippen LogP contribution in [-0.2, 0) is 9.47 Å². The lowest BCUT2D eigenvalue weighted by atomic mass is 10.1. The summed E-state index contributed by atoms with van der Waals surface area (Å²) in [5.74, 6) is 0. The lowest BCUT2D eigenvalue weighted by molar-refractivity contribution is -0.0472. The molecule has 3 rings (SSSR count). The summed E-state index contributed by atoms with van der Waals surface area (Å²) in [5.41, 5.74) is -0.372. The van der Waals surface area contributed by atoms with Crippen molar-refractivity contribution >= 4 is 0 Å². The van der Waals surface area contributed by atoms with Crippen molar-refractivity contribution in [2.75, 3.05) is 13.7 Å². The fourth-order valence-corrected chi connectivity index (χ4v) is 2.19. The number of aliphatic hydroxyl groups excluding tert-OH is 1. The lowest BCUT2D eigenvalue weighted by Gasteiger charge is -2.23. The maximum absolute atomic E-state index is 11.1. The molecule has 1 N–H and O–H groups in total. The Labute approximate surface area is 96.6 Å². The molecule has 2 aliphatic rings. The molecule has 2 bridgehead atoms. The number of nitrogens with zero attached hydrogens (tertiary/aromatic N) is 2. The van der Waals surface area contributed by atoms with Crippen LogP contribution in [0.3, 0.4) is 0 Å². The molecular formula is C10H12N2O5. The summed E-state index contributed by atoms with van der Waals surface area (Å²) in [6.45, 7) is 0.147. The Morgan fingerprint density at radius 2 is 2.47 bits per heavy atom. The topological polar surface area (TPSA) is 82.8 Å². The monoisotopic (exact) mass is 240 g/mol. The van der Waals surface area contributed by atoms with Crippen LogP contribution in [0.4, 0.5) is 0 Å². The minimum atomic E-state index is -0.752. The van der Waals surface area contributed by atoms with Crippen molar-refractivity contribution < 1.29 is 19.3 Å². The number of hydrogen-bond acceptors (Lipinski definition) is 6. The van der Waals surface area contributed by atoms with Gasteiger partial charge in [-0.25, -0.2) is 0 Å². The van der Waals surface area contributed by atoms with Gasteiger partial charge in [0.2, 0.25) is 0 Å². The highest BCUT2D eigenvalue weighted by Gasteiger charge is 2.47. The third kappa shape index (κ3) is 1.54. The van der Waals surface area contributed by atoms with Crippen molar-refractivity contribution in [2.45, 2.75) is 24.5 Å². The Morgan fingerprint density at radius 3 is 3.24 bits per heavy atom. The second kappa shape index (κ2) is 3.80. The van der Waals surface area contributed by atoms with E-state index in [1.165, 1.54) is 19.4 Å². The normalized spacial score (nSPS) is 34.9. The van der Waals surface area contributed by atoms with Crippen LogP contribution in [0, 0.1) is 0 Å². The van der Waals surface area contributed by atoms with Crippen molar-refractivity contribution in [2.24, 2.45) is 0 Å². The van der Waals surface area contributed by atoms with Crippen LogP contribution >= 0.6 is 0 Å². The zero-order valence-electron chi connectivity index (χ0n) is 9.15. The van der Waals surface area contributed by atoms with Gasteiger partial charge < -0.3 is 19.3 Å². The molecular weight excluding hydrogens is 228 g/mol. The summed E-state index contributed by atoms with van der Waals surface area (Å²) in [4.78, 5) is 14.9. The van der Waals surface area contributed by atoms with Gasteiger partial charge in [0.1, 0.15) is 24.9 Å². The highest BCUT2D eigenvalue weighted by atomic mass is 16.6. The highest BCUT2D eigenvalue weighted by molar-refractivity contribution is 5.06. The standard InChI is InChI=1S/C10H12N2O5/c1-15-8-7(14)5-4-16-10-11-6(13)2-3-12(10)9(8)17-5/h2-3,5,7-9,14H,4H2,1H3. The van der Waals surface area contributed by atoms with E-state index in [-0.39, 0.29) is 18.2 Å². The van der Waals surface area contributed by atoms with Gasteiger partial charge in [0.25, 0.3) is 5.56 Å². The van der Waals surface area contributed by atoms with Crippen LogP contribution in [0.2, 0.25) is 0 Å². The molecule has 4 unspecified atom stereocenters. The molecule has 17 heavy (non-hydrogen) atoms. The Kier molecular flexibility index (Phi) is 2.39. The van der Waals surface area contributed by atoms with Crippen LogP contribution in [0.5, 0.6) is 6.01 Å². The second-order valence-corrected chi connectivity index (χ2v) is 4.02. The molecule has 1 fully saturated rings. The Balaban J connectivity index is 2.08. The smallest absolute Gasteiger partial charge is 0.302 e. The van der Waals surface area contributed by atoms with Gasteiger partial charge in [-0.3, -0.25) is 9.36 Å². The number of aliphatic hydroxyl groups is 1. The van der Waals surface area contributed by atoms with Gasteiger partial charge in [-0.15, -0.1) is 0 Å². The molecule has 7 heteroatoms. The predicted molar refractivity (Wildman–Crippen MR) is 54.7 cm³/mol. The number of methoxy groups -OCH3 is 1. The zero-order valence-corrected chi connectivity index (χ0v) is 9.15. The summed E-state index contributed by atoms with van der Waals surface area (Å²) >= 11 is 0.